The van der Waals surface area contributed by atoms with Gasteiger partial charge >= 0.3 is 5.97 Å². The molecule has 1 aromatic carbocycles. The lowest BCUT2D eigenvalue weighted by Crippen LogP contribution is -2.38. The summed E-state index contributed by atoms with van der Waals surface area (Å²) < 4.78 is 0. The molecule has 104 valence electrons. The summed E-state index contributed by atoms with van der Waals surface area (Å²) in [6, 6.07) is 6.68. The molecule has 0 bridgehead atoms. The van der Waals surface area contributed by atoms with Crippen LogP contribution in [0.15, 0.2) is 18.2 Å². The fraction of sp³-hybridized carbons (Fsp3) is 0.533. The molecule has 4 heteroatoms. The summed E-state index contributed by atoms with van der Waals surface area (Å²) in [5.74, 6) is -0.756. The van der Waals surface area contributed by atoms with Crippen molar-refractivity contribution in [1.29, 1.82) is 0 Å². The smallest absolute Gasteiger partial charge is 0.317 e. The third-order valence-corrected chi connectivity index (χ3v) is 3.93. The number of hydrogen-bond donors (Lipinski definition) is 1. The first kappa shape index (κ1) is 13.9. The molecule has 1 unspecified atom stereocenters. The van der Waals surface area contributed by atoms with Crippen LogP contribution in [0.2, 0.25) is 0 Å². The summed E-state index contributed by atoms with van der Waals surface area (Å²) in [5, 5.41) is 8.86. The second-order valence-electron chi connectivity index (χ2n) is 5.44. The molecule has 0 saturated carbocycles. The Labute approximate surface area is 114 Å². The SMILES string of the molecule is Cc1cccc(C)c1N1CCC(N(C)CC(=O)O)C1. The number of anilines is 1. The Balaban J connectivity index is 2.08. The summed E-state index contributed by atoms with van der Waals surface area (Å²) in [5.41, 5.74) is 3.90. The van der Waals surface area contributed by atoms with Crippen molar-refractivity contribution in [2.24, 2.45) is 0 Å². The van der Waals surface area contributed by atoms with E-state index >= 15 is 0 Å². The molecule has 1 aliphatic heterocycles. The van der Waals surface area contributed by atoms with Crippen molar-refractivity contribution in [2.75, 3.05) is 31.6 Å². The summed E-state index contributed by atoms with van der Waals surface area (Å²) in [6.45, 7) is 6.30. The molecular formula is C15H22N2O2. The van der Waals surface area contributed by atoms with Crippen molar-refractivity contribution in [1.82, 2.24) is 4.90 Å². The number of nitrogens with zero attached hydrogens (tertiary/aromatic N) is 2. The summed E-state index contributed by atoms with van der Waals surface area (Å²) in [4.78, 5) is 15.1. The van der Waals surface area contributed by atoms with Gasteiger partial charge in [-0.2, -0.15) is 0 Å². The largest absolute Gasteiger partial charge is 0.480 e. The standard InChI is InChI=1S/C15H22N2O2/c1-11-5-4-6-12(2)15(11)17-8-7-13(9-17)16(3)10-14(18)19/h4-6,13H,7-10H2,1-3H3,(H,18,19). The second-order valence-corrected chi connectivity index (χ2v) is 5.44. The summed E-state index contributed by atoms with van der Waals surface area (Å²) in [6.07, 6.45) is 1.03. The highest BCUT2D eigenvalue weighted by Gasteiger charge is 2.28. The lowest BCUT2D eigenvalue weighted by molar-refractivity contribution is -0.138. The van der Waals surface area contributed by atoms with Crippen molar-refractivity contribution in [3.8, 4) is 0 Å². The number of carbonyl (C=O) groups is 1. The predicted molar refractivity (Wildman–Crippen MR) is 76.8 cm³/mol. The van der Waals surface area contributed by atoms with E-state index in [1.807, 2.05) is 11.9 Å². The molecule has 1 saturated heterocycles. The molecule has 1 atom stereocenters. The molecule has 0 aromatic heterocycles. The summed E-state index contributed by atoms with van der Waals surface area (Å²) >= 11 is 0. The Hall–Kier alpha value is -1.55. The van der Waals surface area contributed by atoms with Crippen LogP contribution in [-0.4, -0.2) is 48.7 Å². The second kappa shape index (κ2) is 5.61. The van der Waals surface area contributed by atoms with Crippen LogP contribution in [0.5, 0.6) is 0 Å². The van der Waals surface area contributed by atoms with Gasteiger partial charge in [-0.1, -0.05) is 18.2 Å². The zero-order chi connectivity index (χ0) is 14.0. The molecule has 0 radical (unpaired) electrons. The number of carboxylic acids is 1. The van der Waals surface area contributed by atoms with Gasteiger partial charge in [-0.25, -0.2) is 0 Å². The normalized spacial score (nSPS) is 19.2. The van der Waals surface area contributed by atoms with Gasteiger partial charge in [-0.3, -0.25) is 9.69 Å². The van der Waals surface area contributed by atoms with Crippen LogP contribution in [0, 0.1) is 13.8 Å². The Morgan fingerprint density at radius 3 is 2.63 bits per heavy atom. The van der Waals surface area contributed by atoms with E-state index in [9.17, 15) is 4.79 Å². The number of aryl methyl sites for hydroxylation is 2. The number of benzene rings is 1. The Bertz CT molecular complexity index is 453. The molecule has 1 fully saturated rings. The highest BCUT2D eigenvalue weighted by molar-refractivity contribution is 5.69. The number of aliphatic carboxylic acids is 1. The van der Waals surface area contributed by atoms with Gasteiger partial charge in [0.05, 0.1) is 6.54 Å². The van der Waals surface area contributed by atoms with Gasteiger partial charge < -0.3 is 10.0 Å². The topological polar surface area (TPSA) is 43.8 Å². The molecular weight excluding hydrogens is 240 g/mol. The fourth-order valence-electron chi connectivity index (χ4n) is 2.95. The lowest BCUT2D eigenvalue weighted by atomic mass is 10.1. The highest BCUT2D eigenvalue weighted by atomic mass is 16.4. The molecule has 2 rings (SSSR count). The summed E-state index contributed by atoms with van der Waals surface area (Å²) in [7, 11) is 1.90. The molecule has 1 aromatic rings. The number of rotatable bonds is 4. The lowest BCUT2D eigenvalue weighted by Gasteiger charge is -2.26. The molecule has 0 amide bonds. The molecule has 1 aliphatic rings. The number of hydrogen-bond acceptors (Lipinski definition) is 3. The minimum absolute atomic E-state index is 0.116. The fourth-order valence-corrected chi connectivity index (χ4v) is 2.95. The van der Waals surface area contributed by atoms with Crippen molar-refractivity contribution in [2.45, 2.75) is 26.3 Å². The maximum absolute atomic E-state index is 10.8. The Morgan fingerprint density at radius 1 is 1.42 bits per heavy atom. The van der Waals surface area contributed by atoms with Crippen LogP contribution < -0.4 is 4.90 Å². The molecule has 0 spiro atoms. The van der Waals surface area contributed by atoms with Crippen LogP contribution in [0.25, 0.3) is 0 Å². The number of carboxylic acid groups (broad SMARTS) is 1. The first-order valence-electron chi connectivity index (χ1n) is 6.72. The molecule has 0 aliphatic carbocycles. The third kappa shape index (κ3) is 3.07. The van der Waals surface area contributed by atoms with Crippen LogP contribution in [0.1, 0.15) is 17.5 Å². The maximum atomic E-state index is 10.8. The van der Waals surface area contributed by atoms with Crippen molar-refractivity contribution in [3.05, 3.63) is 29.3 Å². The molecule has 1 heterocycles. The zero-order valence-electron chi connectivity index (χ0n) is 11.9. The molecule has 1 N–H and O–H groups in total. The molecule has 19 heavy (non-hydrogen) atoms. The first-order chi connectivity index (χ1) is 8.99. The van der Waals surface area contributed by atoms with Gasteiger partial charge in [-0.05, 0) is 38.4 Å². The zero-order valence-corrected chi connectivity index (χ0v) is 11.9. The van der Waals surface area contributed by atoms with Gasteiger partial charge in [0.15, 0.2) is 0 Å². The number of para-hydroxylation sites is 1. The van der Waals surface area contributed by atoms with E-state index in [2.05, 4.69) is 36.9 Å². The van der Waals surface area contributed by atoms with Gasteiger partial charge in [0.1, 0.15) is 0 Å². The van der Waals surface area contributed by atoms with Crippen LogP contribution in [0.3, 0.4) is 0 Å². The quantitative estimate of drug-likeness (QED) is 0.900. The van der Waals surface area contributed by atoms with E-state index in [1.54, 1.807) is 0 Å². The van der Waals surface area contributed by atoms with E-state index in [-0.39, 0.29) is 6.54 Å². The van der Waals surface area contributed by atoms with Crippen LogP contribution in [0.4, 0.5) is 5.69 Å². The van der Waals surface area contributed by atoms with Crippen LogP contribution in [-0.2, 0) is 4.79 Å². The average molecular weight is 262 g/mol. The molecule has 4 nitrogen and oxygen atoms in total. The minimum Gasteiger partial charge on any atom is -0.480 e. The van der Waals surface area contributed by atoms with Crippen molar-refractivity contribution < 1.29 is 9.90 Å². The third-order valence-electron chi connectivity index (χ3n) is 3.93. The van der Waals surface area contributed by atoms with Crippen LogP contribution >= 0.6 is 0 Å². The van der Waals surface area contributed by atoms with Gasteiger partial charge in [0.2, 0.25) is 0 Å². The maximum Gasteiger partial charge on any atom is 0.317 e. The van der Waals surface area contributed by atoms with Gasteiger partial charge in [0, 0.05) is 24.8 Å². The van der Waals surface area contributed by atoms with Crippen molar-refractivity contribution in [3.63, 3.8) is 0 Å². The average Bonchev–Trinajstić information content (AvgIpc) is 2.77. The van der Waals surface area contributed by atoms with E-state index in [0.29, 0.717) is 6.04 Å². The van der Waals surface area contributed by atoms with Gasteiger partial charge in [0.25, 0.3) is 0 Å². The van der Waals surface area contributed by atoms with E-state index in [4.69, 9.17) is 5.11 Å². The monoisotopic (exact) mass is 262 g/mol. The Morgan fingerprint density at radius 2 is 2.05 bits per heavy atom. The predicted octanol–water partition coefficient (Wildman–Crippen LogP) is 1.90. The Kier molecular flexibility index (Phi) is 4.10. The first-order valence-corrected chi connectivity index (χ1v) is 6.72. The van der Waals surface area contributed by atoms with Gasteiger partial charge in [-0.15, -0.1) is 0 Å². The van der Waals surface area contributed by atoms with E-state index in [1.165, 1.54) is 16.8 Å². The van der Waals surface area contributed by atoms with E-state index in [0.717, 1.165) is 19.5 Å². The van der Waals surface area contributed by atoms with E-state index < -0.39 is 5.97 Å². The minimum atomic E-state index is -0.756. The highest BCUT2D eigenvalue weighted by Crippen LogP contribution is 2.28. The van der Waals surface area contributed by atoms with Crippen molar-refractivity contribution >= 4 is 11.7 Å². The number of likely N-dealkylation sites (N-methyl/N-ethyl adjacent to an activating group) is 1.